The van der Waals surface area contributed by atoms with E-state index in [4.69, 9.17) is 4.74 Å². The highest BCUT2D eigenvalue weighted by Crippen LogP contribution is 2.35. The maximum atomic E-state index is 13.2. The Balaban J connectivity index is 1.62. The highest BCUT2D eigenvalue weighted by Gasteiger charge is 2.45. The fourth-order valence-electron chi connectivity index (χ4n) is 4.47. The molecule has 0 aromatic heterocycles. The first-order chi connectivity index (χ1) is 15.5. The van der Waals surface area contributed by atoms with Crippen LogP contribution in [0.4, 0.5) is 4.79 Å². The lowest BCUT2D eigenvalue weighted by Gasteiger charge is -2.33. The molecule has 33 heavy (non-hydrogen) atoms. The number of ether oxygens (including phenoxy) is 1. The number of amides is 1. The van der Waals surface area contributed by atoms with Gasteiger partial charge in [0.15, 0.2) is 0 Å². The molecule has 1 saturated heterocycles. The highest BCUT2D eigenvalue weighted by molar-refractivity contribution is 5.83. The van der Waals surface area contributed by atoms with Crippen LogP contribution in [0, 0.1) is 5.92 Å². The maximum Gasteiger partial charge on any atom is 0.410 e. The van der Waals surface area contributed by atoms with Crippen molar-refractivity contribution in [3.05, 3.63) is 71.8 Å². The van der Waals surface area contributed by atoms with E-state index in [1.54, 1.807) is 4.90 Å². The predicted molar refractivity (Wildman–Crippen MR) is 132 cm³/mol. The van der Waals surface area contributed by atoms with E-state index in [0.717, 1.165) is 13.1 Å². The summed E-state index contributed by atoms with van der Waals surface area (Å²) in [5.41, 5.74) is 1.53. The molecule has 1 aliphatic rings. The third-order valence-electron chi connectivity index (χ3n) is 6.12. The number of likely N-dealkylation sites (tertiary alicyclic amines) is 1. The molecule has 2 aromatic rings. The molecule has 0 bridgehead atoms. The molecule has 1 heterocycles. The van der Waals surface area contributed by atoms with Crippen LogP contribution in [0.3, 0.4) is 0 Å². The van der Waals surface area contributed by atoms with E-state index < -0.39 is 11.1 Å². The molecule has 1 fully saturated rings. The fourth-order valence-corrected chi connectivity index (χ4v) is 4.47. The van der Waals surface area contributed by atoms with Gasteiger partial charge in [-0.2, -0.15) is 0 Å². The number of ketones is 1. The van der Waals surface area contributed by atoms with Gasteiger partial charge in [-0.15, -0.1) is 0 Å². The standard InChI is InChI=1S/C28H38N2O3/c1-27(2,3)33-26(32)30-21-24(18-28(30,4)5)25(31)16-17-29(19-22-12-8-6-9-13-22)20-23-14-10-7-11-15-23/h6-15,24H,16-21H2,1-5H3. The van der Waals surface area contributed by atoms with Crippen LogP contribution in [0.25, 0.3) is 0 Å². The van der Waals surface area contributed by atoms with Crippen molar-refractivity contribution in [3.63, 3.8) is 0 Å². The number of rotatable bonds is 8. The van der Waals surface area contributed by atoms with Crippen LogP contribution in [0.5, 0.6) is 0 Å². The number of carbonyl (C=O) groups excluding carboxylic acids is 2. The van der Waals surface area contributed by atoms with Crippen molar-refractivity contribution in [2.75, 3.05) is 13.1 Å². The van der Waals surface area contributed by atoms with Gasteiger partial charge in [0.25, 0.3) is 0 Å². The monoisotopic (exact) mass is 450 g/mol. The van der Waals surface area contributed by atoms with E-state index >= 15 is 0 Å². The van der Waals surface area contributed by atoms with Gasteiger partial charge in [-0.1, -0.05) is 60.7 Å². The van der Waals surface area contributed by atoms with E-state index in [1.807, 2.05) is 71.0 Å². The first-order valence-corrected chi connectivity index (χ1v) is 11.9. The summed E-state index contributed by atoms with van der Waals surface area (Å²) >= 11 is 0. The van der Waals surface area contributed by atoms with Crippen molar-refractivity contribution in [1.82, 2.24) is 9.80 Å². The quantitative estimate of drug-likeness (QED) is 0.519. The fraction of sp³-hybridized carbons (Fsp3) is 0.500. The minimum Gasteiger partial charge on any atom is -0.444 e. The van der Waals surface area contributed by atoms with Crippen molar-refractivity contribution in [3.8, 4) is 0 Å². The lowest BCUT2D eigenvalue weighted by atomic mass is 9.92. The molecule has 2 aromatic carbocycles. The first kappa shape index (κ1) is 25.0. The second-order valence-electron chi connectivity index (χ2n) is 10.7. The molecule has 5 nitrogen and oxygen atoms in total. The first-order valence-electron chi connectivity index (χ1n) is 11.9. The highest BCUT2D eigenvalue weighted by atomic mass is 16.6. The Morgan fingerprint density at radius 3 is 1.97 bits per heavy atom. The number of nitrogens with zero attached hydrogens (tertiary/aromatic N) is 2. The Labute approximate surface area is 198 Å². The van der Waals surface area contributed by atoms with Crippen molar-refractivity contribution in [2.24, 2.45) is 5.92 Å². The van der Waals surface area contributed by atoms with E-state index in [9.17, 15) is 9.59 Å². The van der Waals surface area contributed by atoms with E-state index in [0.29, 0.717) is 25.9 Å². The van der Waals surface area contributed by atoms with E-state index in [2.05, 4.69) is 29.2 Å². The minimum atomic E-state index is -0.551. The molecule has 1 amide bonds. The lowest BCUT2D eigenvalue weighted by molar-refractivity contribution is -0.122. The summed E-state index contributed by atoms with van der Waals surface area (Å²) in [4.78, 5) is 29.9. The molecule has 3 rings (SSSR count). The zero-order chi connectivity index (χ0) is 24.1. The van der Waals surface area contributed by atoms with Gasteiger partial charge in [0.1, 0.15) is 11.4 Å². The van der Waals surface area contributed by atoms with Gasteiger partial charge in [-0.25, -0.2) is 4.79 Å². The van der Waals surface area contributed by atoms with Gasteiger partial charge in [0, 0.05) is 44.1 Å². The summed E-state index contributed by atoms with van der Waals surface area (Å²) < 4.78 is 5.58. The normalized spacial score (nSPS) is 17.9. The average Bonchev–Trinajstić information content (AvgIpc) is 3.07. The third kappa shape index (κ3) is 7.43. The van der Waals surface area contributed by atoms with Gasteiger partial charge in [0.2, 0.25) is 0 Å². The number of Topliss-reactive ketones (excluding diaryl/α,β-unsaturated/α-hetero) is 1. The second kappa shape index (κ2) is 10.5. The van der Waals surface area contributed by atoms with E-state index in [-0.39, 0.29) is 17.8 Å². The lowest BCUT2D eigenvalue weighted by Crippen LogP contribution is -2.45. The Kier molecular flexibility index (Phi) is 7.96. The Hall–Kier alpha value is -2.66. The second-order valence-corrected chi connectivity index (χ2v) is 10.7. The molecule has 1 unspecified atom stereocenters. The molecule has 0 aliphatic carbocycles. The van der Waals surface area contributed by atoms with Crippen LogP contribution in [0.15, 0.2) is 60.7 Å². The van der Waals surface area contributed by atoms with E-state index in [1.165, 1.54) is 11.1 Å². The Bertz CT molecular complexity index is 878. The molecular weight excluding hydrogens is 412 g/mol. The number of hydrogen-bond donors (Lipinski definition) is 0. The largest absolute Gasteiger partial charge is 0.444 e. The van der Waals surface area contributed by atoms with Crippen LogP contribution < -0.4 is 0 Å². The molecule has 1 aliphatic heterocycles. The van der Waals surface area contributed by atoms with Gasteiger partial charge in [-0.05, 0) is 52.2 Å². The smallest absolute Gasteiger partial charge is 0.410 e. The summed E-state index contributed by atoms with van der Waals surface area (Å²) in [6.07, 6.45) is 0.808. The number of hydrogen-bond acceptors (Lipinski definition) is 4. The molecule has 0 N–H and O–H groups in total. The van der Waals surface area contributed by atoms with Crippen molar-refractivity contribution in [2.45, 2.75) is 71.7 Å². The molecule has 178 valence electrons. The predicted octanol–water partition coefficient (Wildman–Crippen LogP) is 5.68. The SMILES string of the molecule is CC(C)(C)OC(=O)N1CC(C(=O)CCN(Cc2ccccc2)Cc2ccccc2)CC1(C)C. The van der Waals surface area contributed by atoms with Gasteiger partial charge >= 0.3 is 6.09 Å². The minimum absolute atomic E-state index is 0.150. The van der Waals surface area contributed by atoms with Gasteiger partial charge < -0.3 is 9.64 Å². The summed E-state index contributed by atoms with van der Waals surface area (Å²) in [7, 11) is 0. The van der Waals surface area contributed by atoms with Gasteiger partial charge in [0.05, 0.1) is 0 Å². The van der Waals surface area contributed by atoms with Crippen LogP contribution >= 0.6 is 0 Å². The van der Waals surface area contributed by atoms with Crippen LogP contribution in [0.2, 0.25) is 0 Å². The average molecular weight is 451 g/mol. The molecule has 0 saturated carbocycles. The molecular formula is C28H38N2O3. The molecule has 0 spiro atoms. The zero-order valence-electron chi connectivity index (χ0n) is 20.7. The van der Waals surface area contributed by atoms with Crippen LogP contribution in [0.1, 0.15) is 58.6 Å². The van der Waals surface area contributed by atoms with Crippen LogP contribution in [-0.4, -0.2) is 45.9 Å². The molecule has 5 heteroatoms. The Morgan fingerprint density at radius 1 is 0.970 bits per heavy atom. The summed E-state index contributed by atoms with van der Waals surface area (Å²) in [6.45, 7) is 12.3. The topological polar surface area (TPSA) is 49.9 Å². The van der Waals surface area contributed by atoms with Crippen molar-refractivity contribution < 1.29 is 14.3 Å². The zero-order valence-corrected chi connectivity index (χ0v) is 20.7. The molecule has 0 radical (unpaired) electrons. The maximum absolute atomic E-state index is 13.2. The van der Waals surface area contributed by atoms with Crippen molar-refractivity contribution >= 4 is 11.9 Å². The summed E-state index contributed by atoms with van der Waals surface area (Å²) in [6, 6.07) is 20.7. The third-order valence-corrected chi connectivity index (χ3v) is 6.12. The van der Waals surface area contributed by atoms with Crippen LogP contribution in [-0.2, 0) is 22.6 Å². The van der Waals surface area contributed by atoms with Crippen molar-refractivity contribution in [1.29, 1.82) is 0 Å². The van der Waals surface area contributed by atoms with Gasteiger partial charge in [-0.3, -0.25) is 9.69 Å². The molecule has 1 atom stereocenters. The number of carbonyl (C=O) groups is 2. The summed E-state index contributed by atoms with van der Waals surface area (Å²) in [5, 5.41) is 0. The number of benzene rings is 2. The summed E-state index contributed by atoms with van der Waals surface area (Å²) in [5.74, 6) is 0.0723. The Morgan fingerprint density at radius 2 is 1.48 bits per heavy atom.